The molecule has 0 radical (unpaired) electrons. The number of nitrogens with zero attached hydrogens (tertiary/aromatic N) is 1. The third-order valence-corrected chi connectivity index (χ3v) is 1.61. The standard InChI is InChI=1S/C9H10BNO4/c1-2-14-9-5-8(15-10(12)13)4-3-7(9)6-11/h3-5,12-13H,2H2,1H3. The highest BCUT2D eigenvalue weighted by atomic mass is 16.6. The number of ether oxygens (including phenoxy) is 1. The van der Waals surface area contributed by atoms with Crippen LogP contribution >= 0.6 is 0 Å². The van der Waals surface area contributed by atoms with Crippen LogP contribution in [0.3, 0.4) is 0 Å². The maximum Gasteiger partial charge on any atom is 0.707 e. The summed E-state index contributed by atoms with van der Waals surface area (Å²) in [5, 5.41) is 25.9. The summed E-state index contributed by atoms with van der Waals surface area (Å²) >= 11 is 0. The molecule has 2 N–H and O–H groups in total. The summed E-state index contributed by atoms with van der Waals surface area (Å²) in [5.41, 5.74) is 0.372. The molecule has 1 aromatic rings. The molecule has 0 aliphatic heterocycles. The zero-order valence-electron chi connectivity index (χ0n) is 8.17. The van der Waals surface area contributed by atoms with Gasteiger partial charge in [-0.05, 0) is 19.1 Å². The average Bonchev–Trinajstić information content (AvgIpc) is 2.18. The van der Waals surface area contributed by atoms with Crippen LogP contribution in [0.1, 0.15) is 12.5 Å². The second-order valence-corrected chi connectivity index (χ2v) is 2.65. The van der Waals surface area contributed by atoms with Gasteiger partial charge in [0.15, 0.2) is 0 Å². The van der Waals surface area contributed by atoms with E-state index in [1.54, 1.807) is 6.92 Å². The lowest BCUT2D eigenvalue weighted by molar-refractivity contribution is 0.286. The molecular formula is C9H10BNO4. The molecule has 0 saturated heterocycles. The van der Waals surface area contributed by atoms with E-state index in [2.05, 4.69) is 4.65 Å². The van der Waals surface area contributed by atoms with Crippen molar-refractivity contribution in [2.45, 2.75) is 6.92 Å². The zero-order chi connectivity index (χ0) is 11.3. The molecule has 1 rings (SSSR count). The fraction of sp³-hybridized carbons (Fsp3) is 0.222. The molecule has 5 nitrogen and oxygen atoms in total. The SMILES string of the molecule is CCOc1cc(OB(O)O)ccc1C#N. The molecule has 1 aromatic carbocycles. The van der Waals surface area contributed by atoms with Gasteiger partial charge in [0, 0.05) is 6.07 Å². The minimum absolute atomic E-state index is 0.229. The van der Waals surface area contributed by atoms with E-state index < -0.39 is 7.32 Å². The van der Waals surface area contributed by atoms with Gasteiger partial charge in [0.2, 0.25) is 0 Å². The zero-order valence-corrected chi connectivity index (χ0v) is 8.17. The van der Waals surface area contributed by atoms with E-state index in [1.807, 2.05) is 6.07 Å². The Kier molecular flexibility index (Phi) is 3.97. The van der Waals surface area contributed by atoms with Crippen LogP contribution < -0.4 is 9.39 Å². The van der Waals surface area contributed by atoms with Gasteiger partial charge >= 0.3 is 7.32 Å². The Morgan fingerprint density at radius 2 is 2.20 bits per heavy atom. The van der Waals surface area contributed by atoms with E-state index in [9.17, 15) is 0 Å². The first-order chi connectivity index (χ1) is 7.17. The minimum atomic E-state index is -1.88. The first kappa shape index (κ1) is 11.4. The molecule has 0 heterocycles. The molecule has 0 aliphatic carbocycles. The lowest BCUT2D eigenvalue weighted by Crippen LogP contribution is -2.20. The summed E-state index contributed by atoms with van der Waals surface area (Å²) in [4.78, 5) is 0. The van der Waals surface area contributed by atoms with Crippen LogP contribution in [0.15, 0.2) is 18.2 Å². The van der Waals surface area contributed by atoms with E-state index in [-0.39, 0.29) is 5.75 Å². The van der Waals surface area contributed by atoms with Gasteiger partial charge in [-0.1, -0.05) is 0 Å². The second-order valence-electron chi connectivity index (χ2n) is 2.65. The Morgan fingerprint density at radius 1 is 1.47 bits per heavy atom. The van der Waals surface area contributed by atoms with E-state index in [1.165, 1.54) is 18.2 Å². The molecule has 0 saturated carbocycles. The highest BCUT2D eigenvalue weighted by Crippen LogP contribution is 2.24. The monoisotopic (exact) mass is 207 g/mol. The van der Waals surface area contributed by atoms with E-state index in [0.29, 0.717) is 17.9 Å². The van der Waals surface area contributed by atoms with Crippen LogP contribution in [-0.4, -0.2) is 24.0 Å². The van der Waals surface area contributed by atoms with Crippen molar-refractivity contribution in [1.29, 1.82) is 5.26 Å². The first-order valence-corrected chi connectivity index (χ1v) is 4.37. The Morgan fingerprint density at radius 3 is 2.73 bits per heavy atom. The van der Waals surface area contributed by atoms with E-state index in [0.717, 1.165) is 0 Å². The predicted molar refractivity (Wildman–Crippen MR) is 53.1 cm³/mol. The van der Waals surface area contributed by atoms with Crippen molar-refractivity contribution < 1.29 is 19.4 Å². The Balaban J connectivity index is 2.95. The number of hydrogen-bond acceptors (Lipinski definition) is 5. The third kappa shape index (κ3) is 3.16. The van der Waals surface area contributed by atoms with E-state index in [4.69, 9.17) is 20.0 Å². The van der Waals surface area contributed by atoms with Crippen molar-refractivity contribution in [2.75, 3.05) is 6.61 Å². The summed E-state index contributed by atoms with van der Waals surface area (Å²) < 4.78 is 9.81. The lowest BCUT2D eigenvalue weighted by atomic mass is 10.2. The van der Waals surface area contributed by atoms with Gasteiger partial charge in [0.25, 0.3) is 0 Å². The molecule has 0 spiro atoms. The van der Waals surface area contributed by atoms with Gasteiger partial charge < -0.3 is 19.4 Å². The predicted octanol–water partition coefficient (Wildman–Crippen LogP) is 0.305. The molecule has 0 amide bonds. The Bertz CT molecular complexity index is 375. The van der Waals surface area contributed by atoms with Crippen molar-refractivity contribution in [3.63, 3.8) is 0 Å². The van der Waals surface area contributed by atoms with Crippen LogP contribution in [-0.2, 0) is 0 Å². The molecule has 15 heavy (non-hydrogen) atoms. The number of rotatable bonds is 4. The number of benzene rings is 1. The van der Waals surface area contributed by atoms with Gasteiger partial charge in [0.05, 0.1) is 12.2 Å². The maximum atomic E-state index is 8.75. The van der Waals surface area contributed by atoms with Crippen molar-refractivity contribution >= 4 is 7.32 Å². The van der Waals surface area contributed by atoms with Crippen molar-refractivity contribution in [3.8, 4) is 17.6 Å². The average molecular weight is 207 g/mol. The van der Waals surface area contributed by atoms with Crippen LogP contribution in [0.2, 0.25) is 0 Å². The lowest BCUT2D eigenvalue weighted by Gasteiger charge is -2.08. The number of nitriles is 1. The highest BCUT2D eigenvalue weighted by Gasteiger charge is 2.13. The molecule has 0 aromatic heterocycles. The second kappa shape index (κ2) is 5.24. The summed E-state index contributed by atoms with van der Waals surface area (Å²) in [6.45, 7) is 2.20. The summed E-state index contributed by atoms with van der Waals surface area (Å²) in [6, 6.07) is 6.34. The van der Waals surface area contributed by atoms with Crippen LogP contribution in [0.25, 0.3) is 0 Å². The molecular weight excluding hydrogens is 197 g/mol. The summed E-state index contributed by atoms with van der Waals surface area (Å²) in [5.74, 6) is 0.589. The summed E-state index contributed by atoms with van der Waals surface area (Å²) in [6.07, 6.45) is 0. The van der Waals surface area contributed by atoms with Crippen LogP contribution in [0, 0.1) is 11.3 Å². The molecule has 6 heteroatoms. The van der Waals surface area contributed by atoms with Gasteiger partial charge in [-0.15, -0.1) is 0 Å². The Labute approximate surface area is 87.7 Å². The molecule has 0 aliphatic rings. The maximum absolute atomic E-state index is 8.75. The van der Waals surface area contributed by atoms with Gasteiger partial charge in [-0.2, -0.15) is 5.26 Å². The molecule has 0 bridgehead atoms. The quantitative estimate of drug-likeness (QED) is 0.694. The fourth-order valence-electron chi connectivity index (χ4n) is 1.06. The smallest absolute Gasteiger partial charge is 0.512 e. The van der Waals surface area contributed by atoms with Gasteiger partial charge in [-0.25, -0.2) is 0 Å². The van der Waals surface area contributed by atoms with Crippen LogP contribution in [0.4, 0.5) is 0 Å². The van der Waals surface area contributed by atoms with Gasteiger partial charge in [0.1, 0.15) is 17.6 Å². The summed E-state index contributed by atoms with van der Waals surface area (Å²) in [7, 11) is -1.88. The largest absolute Gasteiger partial charge is 0.707 e. The highest BCUT2D eigenvalue weighted by molar-refractivity contribution is 6.33. The molecule has 0 unspecified atom stereocenters. The fourth-order valence-corrected chi connectivity index (χ4v) is 1.06. The minimum Gasteiger partial charge on any atom is -0.512 e. The third-order valence-electron chi connectivity index (χ3n) is 1.61. The topological polar surface area (TPSA) is 82.7 Å². The van der Waals surface area contributed by atoms with Crippen molar-refractivity contribution in [1.82, 2.24) is 0 Å². The van der Waals surface area contributed by atoms with E-state index >= 15 is 0 Å². The normalized spacial score (nSPS) is 9.20. The molecule has 78 valence electrons. The van der Waals surface area contributed by atoms with Crippen LogP contribution in [0.5, 0.6) is 11.5 Å². The van der Waals surface area contributed by atoms with Crippen molar-refractivity contribution in [2.24, 2.45) is 0 Å². The number of hydrogen-bond donors (Lipinski definition) is 2. The molecule has 0 fully saturated rings. The Hall–Kier alpha value is -1.71. The van der Waals surface area contributed by atoms with Gasteiger partial charge in [-0.3, -0.25) is 0 Å². The first-order valence-electron chi connectivity index (χ1n) is 4.37. The van der Waals surface area contributed by atoms with Crippen molar-refractivity contribution in [3.05, 3.63) is 23.8 Å². The molecule has 0 atom stereocenters.